The van der Waals surface area contributed by atoms with Gasteiger partial charge in [-0.3, -0.25) is 9.59 Å². The highest BCUT2D eigenvalue weighted by molar-refractivity contribution is 7.89. The zero-order valence-corrected chi connectivity index (χ0v) is 20.0. The first-order valence-electron chi connectivity index (χ1n) is 10.7. The first-order chi connectivity index (χ1) is 16.1. The van der Waals surface area contributed by atoms with Crippen LogP contribution in [0.3, 0.4) is 0 Å². The van der Waals surface area contributed by atoms with Crippen LogP contribution in [0.2, 0.25) is 0 Å². The zero-order valence-electron chi connectivity index (χ0n) is 19.2. The molecule has 0 bridgehead atoms. The van der Waals surface area contributed by atoms with Crippen molar-refractivity contribution in [2.45, 2.75) is 31.8 Å². The number of carbonyl (C=O) groups excluding carboxylic acids is 3. The van der Waals surface area contributed by atoms with Crippen LogP contribution in [-0.2, 0) is 29.1 Å². The molecule has 0 radical (unpaired) electrons. The first-order valence-corrected chi connectivity index (χ1v) is 12.1. The van der Waals surface area contributed by atoms with Gasteiger partial charge in [-0.05, 0) is 55.8 Å². The normalized spacial score (nSPS) is 15.3. The van der Waals surface area contributed by atoms with Crippen molar-refractivity contribution in [1.29, 1.82) is 0 Å². The van der Waals surface area contributed by atoms with Crippen LogP contribution in [0.15, 0.2) is 47.4 Å². The molecule has 34 heavy (non-hydrogen) atoms. The van der Waals surface area contributed by atoms with E-state index in [1.807, 2.05) is 0 Å². The van der Waals surface area contributed by atoms with Crippen molar-refractivity contribution in [3.8, 4) is 0 Å². The topological polar surface area (TPSA) is 131 Å². The highest BCUT2D eigenvalue weighted by Crippen LogP contribution is 2.22. The Hall–Kier alpha value is -3.28. The molecular weight excluding hydrogens is 462 g/mol. The Morgan fingerprint density at radius 3 is 2.18 bits per heavy atom. The minimum absolute atomic E-state index is 0.0247. The smallest absolute Gasteiger partial charge is 0.339 e. The van der Waals surface area contributed by atoms with Gasteiger partial charge in [0.05, 0.1) is 23.7 Å². The third-order valence-electron chi connectivity index (χ3n) is 5.16. The molecule has 10 nitrogen and oxygen atoms in total. The second-order valence-electron chi connectivity index (χ2n) is 7.79. The molecule has 2 aromatic rings. The molecule has 2 aromatic carbocycles. The van der Waals surface area contributed by atoms with Crippen molar-refractivity contribution >= 4 is 39.2 Å². The largest absolute Gasteiger partial charge is 0.449 e. The highest BCUT2D eigenvalue weighted by atomic mass is 32.2. The number of nitrogens with zero attached hydrogens (tertiary/aromatic N) is 1. The Kier molecular flexibility index (Phi) is 8.02. The van der Waals surface area contributed by atoms with Gasteiger partial charge in [-0.25, -0.2) is 13.2 Å². The van der Waals surface area contributed by atoms with Crippen LogP contribution in [0.25, 0.3) is 0 Å². The summed E-state index contributed by atoms with van der Waals surface area (Å²) < 4.78 is 37.7. The van der Waals surface area contributed by atoms with Gasteiger partial charge in [0.15, 0.2) is 6.10 Å². The highest BCUT2D eigenvalue weighted by Gasteiger charge is 2.28. The van der Waals surface area contributed by atoms with Gasteiger partial charge in [-0.1, -0.05) is 6.07 Å². The number of aryl methyl sites for hydroxylation is 1. The van der Waals surface area contributed by atoms with Crippen molar-refractivity contribution in [3.05, 3.63) is 53.6 Å². The summed E-state index contributed by atoms with van der Waals surface area (Å²) in [7, 11) is -3.79. The summed E-state index contributed by atoms with van der Waals surface area (Å²) in [5, 5.41) is 5.25. The molecule has 1 saturated heterocycles. The minimum atomic E-state index is -3.79. The van der Waals surface area contributed by atoms with E-state index < -0.39 is 28.0 Å². The van der Waals surface area contributed by atoms with Crippen LogP contribution in [0.1, 0.15) is 29.8 Å². The van der Waals surface area contributed by atoms with Crippen molar-refractivity contribution in [2.24, 2.45) is 0 Å². The lowest BCUT2D eigenvalue weighted by atomic mass is 10.1. The average molecular weight is 490 g/mol. The summed E-state index contributed by atoms with van der Waals surface area (Å²) in [5.41, 5.74) is 1.62. The second kappa shape index (κ2) is 10.8. The summed E-state index contributed by atoms with van der Waals surface area (Å²) in [6.07, 6.45) is -1.14. The first kappa shape index (κ1) is 25.3. The summed E-state index contributed by atoms with van der Waals surface area (Å²) in [5.74, 6) is -1.58. The molecule has 2 amide bonds. The molecule has 2 N–H and O–H groups in total. The van der Waals surface area contributed by atoms with Gasteiger partial charge in [0.2, 0.25) is 15.9 Å². The molecule has 1 aliphatic rings. The van der Waals surface area contributed by atoms with E-state index in [9.17, 15) is 22.8 Å². The average Bonchev–Trinajstić information content (AvgIpc) is 2.80. The molecule has 1 unspecified atom stereocenters. The standard InChI is InChI=1S/C23H27N3O7S/c1-15-4-9-20(34(30,31)26-10-12-32-13-11-26)14-21(15)23(29)33-16(2)22(28)25-19-7-5-18(6-8-19)24-17(3)27/h4-9,14,16H,10-13H2,1-3H3,(H,24,27)(H,25,28). The van der Waals surface area contributed by atoms with Gasteiger partial charge in [-0.15, -0.1) is 0 Å². The van der Waals surface area contributed by atoms with Gasteiger partial charge in [-0.2, -0.15) is 4.31 Å². The van der Waals surface area contributed by atoms with E-state index in [2.05, 4.69) is 10.6 Å². The summed E-state index contributed by atoms with van der Waals surface area (Å²) in [6, 6.07) is 10.7. The number of morpholine rings is 1. The molecule has 1 atom stereocenters. The predicted octanol–water partition coefficient (Wildman–Crippen LogP) is 2.16. The van der Waals surface area contributed by atoms with Gasteiger partial charge < -0.3 is 20.1 Å². The Labute approximate surface area is 198 Å². The fourth-order valence-electron chi connectivity index (χ4n) is 3.28. The van der Waals surface area contributed by atoms with Crippen LogP contribution in [0, 0.1) is 6.92 Å². The number of carbonyl (C=O) groups is 3. The molecule has 11 heteroatoms. The van der Waals surface area contributed by atoms with Crippen molar-refractivity contribution in [1.82, 2.24) is 4.31 Å². The maximum atomic E-state index is 12.9. The van der Waals surface area contributed by atoms with E-state index in [1.54, 1.807) is 31.2 Å². The third-order valence-corrected chi connectivity index (χ3v) is 7.06. The number of hydrogen-bond donors (Lipinski definition) is 2. The number of benzene rings is 2. The molecule has 1 heterocycles. The number of ether oxygens (including phenoxy) is 2. The van der Waals surface area contributed by atoms with Crippen LogP contribution in [-0.4, -0.2) is 62.9 Å². The molecule has 0 aromatic heterocycles. The van der Waals surface area contributed by atoms with Crippen molar-refractivity contribution in [3.63, 3.8) is 0 Å². The Morgan fingerprint density at radius 2 is 1.59 bits per heavy atom. The molecule has 0 aliphatic carbocycles. The number of hydrogen-bond acceptors (Lipinski definition) is 7. The molecule has 0 saturated carbocycles. The Balaban J connectivity index is 1.67. The van der Waals surface area contributed by atoms with Crippen molar-refractivity contribution < 1.29 is 32.3 Å². The predicted molar refractivity (Wildman–Crippen MR) is 125 cm³/mol. The van der Waals surface area contributed by atoms with E-state index in [0.29, 0.717) is 30.2 Å². The summed E-state index contributed by atoms with van der Waals surface area (Å²) in [4.78, 5) is 36.3. The van der Waals surface area contributed by atoms with Crippen LogP contribution in [0.4, 0.5) is 11.4 Å². The van der Waals surface area contributed by atoms with Crippen molar-refractivity contribution in [2.75, 3.05) is 36.9 Å². The van der Waals surface area contributed by atoms with E-state index >= 15 is 0 Å². The van der Waals surface area contributed by atoms with Gasteiger partial charge in [0, 0.05) is 31.4 Å². The summed E-state index contributed by atoms with van der Waals surface area (Å²) >= 11 is 0. The lowest BCUT2D eigenvalue weighted by Crippen LogP contribution is -2.40. The Bertz CT molecular complexity index is 1170. The monoisotopic (exact) mass is 489 g/mol. The quantitative estimate of drug-likeness (QED) is 0.570. The number of nitrogens with one attached hydrogen (secondary N) is 2. The number of anilines is 2. The van der Waals surface area contributed by atoms with Crippen LogP contribution >= 0.6 is 0 Å². The molecule has 1 aliphatic heterocycles. The van der Waals surface area contributed by atoms with Crippen LogP contribution in [0.5, 0.6) is 0 Å². The van der Waals surface area contributed by atoms with E-state index in [1.165, 1.54) is 36.4 Å². The van der Waals surface area contributed by atoms with Crippen LogP contribution < -0.4 is 10.6 Å². The molecule has 182 valence electrons. The van der Waals surface area contributed by atoms with Gasteiger partial charge in [0.1, 0.15) is 0 Å². The maximum Gasteiger partial charge on any atom is 0.339 e. The molecule has 0 spiro atoms. The number of esters is 1. The van der Waals surface area contributed by atoms with E-state index in [0.717, 1.165) is 0 Å². The lowest BCUT2D eigenvalue weighted by molar-refractivity contribution is -0.123. The van der Waals surface area contributed by atoms with Gasteiger partial charge >= 0.3 is 5.97 Å². The molecular formula is C23H27N3O7S. The number of rotatable bonds is 7. The van der Waals surface area contributed by atoms with E-state index in [4.69, 9.17) is 9.47 Å². The van der Waals surface area contributed by atoms with E-state index in [-0.39, 0.29) is 29.5 Å². The molecule has 1 fully saturated rings. The lowest BCUT2D eigenvalue weighted by Gasteiger charge is -2.26. The number of sulfonamides is 1. The maximum absolute atomic E-state index is 12.9. The number of amides is 2. The van der Waals surface area contributed by atoms with Gasteiger partial charge in [0.25, 0.3) is 5.91 Å². The SMILES string of the molecule is CC(=O)Nc1ccc(NC(=O)C(C)OC(=O)c2cc(S(=O)(=O)N3CCOCC3)ccc2C)cc1. The zero-order chi connectivity index (χ0) is 24.9. The fraction of sp³-hybridized carbons (Fsp3) is 0.348. The minimum Gasteiger partial charge on any atom is -0.449 e. The third kappa shape index (κ3) is 6.19. The Morgan fingerprint density at radius 1 is 1.00 bits per heavy atom. The summed E-state index contributed by atoms with van der Waals surface area (Å²) in [6.45, 7) is 5.55. The second-order valence-corrected chi connectivity index (χ2v) is 9.73. The molecule has 3 rings (SSSR count). The fourth-order valence-corrected chi connectivity index (χ4v) is 4.71.